The molecule has 1 heterocycles. The summed E-state index contributed by atoms with van der Waals surface area (Å²) in [6, 6.07) is 14.4. The molecule has 8 heteroatoms. The Hall–Kier alpha value is -3.13. The summed E-state index contributed by atoms with van der Waals surface area (Å²) in [5.41, 5.74) is 8.66. The number of anilines is 2. The van der Waals surface area contributed by atoms with E-state index in [9.17, 15) is 9.59 Å². The molecule has 0 bridgehead atoms. The van der Waals surface area contributed by atoms with Crippen LogP contribution in [0.25, 0.3) is 11.4 Å². The van der Waals surface area contributed by atoms with Gasteiger partial charge in [-0.1, -0.05) is 18.7 Å². The molecule has 0 aliphatic rings. The van der Waals surface area contributed by atoms with Crippen LogP contribution in [-0.4, -0.2) is 31.7 Å². The first-order valence-electron chi connectivity index (χ1n) is 9.80. The normalized spacial score (nSPS) is 11.8. The summed E-state index contributed by atoms with van der Waals surface area (Å²) in [6.45, 7) is 6.18. The van der Waals surface area contributed by atoms with Crippen LogP contribution in [0.15, 0.2) is 53.7 Å². The topological polar surface area (TPSA) is 103 Å². The Morgan fingerprint density at radius 2 is 1.73 bits per heavy atom. The van der Waals surface area contributed by atoms with Crippen LogP contribution in [0.4, 0.5) is 11.4 Å². The molecule has 1 amide bonds. The highest BCUT2D eigenvalue weighted by molar-refractivity contribution is 8.00. The summed E-state index contributed by atoms with van der Waals surface area (Å²) in [4.78, 5) is 24.2. The molecule has 0 radical (unpaired) electrons. The van der Waals surface area contributed by atoms with Gasteiger partial charge < -0.3 is 15.6 Å². The number of nitrogens with one attached hydrogen (secondary N) is 1. The molecule has 156 valence electrons. The highest BCUT2D eigenvalue weighted by atomic mass is 32.2. The Morgan fingerprint density at radius 1 is 1.07 bits per heavy atom. The molecule has 0 spiro atoms. The van der Waals surface area contributed by atoms with Crippen LogP contribution in [0.3, 0.4) is 0 Å². The lowest BCUT2D eigenvalue weighted by molar-refractivity contribution is -0.115. The lowest BCUT2D eigenvalue weighted by atomic mass is 10.1. The van der Waals surface area contributed by atoms with Gasteiger partial charge in [0.15, 0.2) is 16.8 Å². The number of amides is 1. The fourth-order valence-electron chi connectivity index (χ4n) is 2.97. The number of carbonyl (C=O) groups excluding carboxylic acids is 2. The zero-order chi connectivity index (χ0) is 21.7. The molecule has 3 rings (SSSR count). The van der Waals surface area contributed by atoms with E-state index in [0.29, 0.717) is 35.1 Å². The van der Waals surface area contributed by atoms with Crippen molar-refractivity contribution in [2.24, 2.45) is 0 Å². The summed E-state index contributed by atoms with van der Waals surface area (Å²) >= 11 is 1.39. The molecule has 3 aromatic rings. The van der Waals surface area contributed by atoms with E-state index in [2.05, 4.69) is 15.5 Å². The molecule has 0 saturated heterocycles. The second-order valence-corrected chi connectivity index (χ2v) is 7.98. The number of aromatic nitrogens is 3. The van der Waals surface area contributed by atoms with Crippen molar-refractivity contribution in [1.29, 1.82) is 0 Å². The van der Waals surface area contributed by atoms with Crippen LogP contribution in [-0.2, 0) is 11.3 Å². The van der Waals surface area contributed by atoms with Crippen molar-refractivity contribution < 1.29 is 9.59 Å². The van der Waals surface area contributed by atoms with Gasteiger partial charge in [0.05, 0.1) is 5.25 Å². The highest BCUT2D eigenvalue weighted by Gasteiger charge is 2.23. The number of rotatable bonds is 8. The van der Waals surface area contributed by atoms with Gasteiger partial charge in [-0.15, -0.1) is 10.2 Å². The number of nitrogens with zero attached hydrogens (tertiary/aromatic N) is 3. The lowest BCUT2D eigenvalue weighted by Gasteiger charge is -2.15. The third-order valence-corrected chi connectivity index (χ3v) is 6.02. The number of thioether (sulfide) groups is 1. The average molecular weight is 424 g/mol. The quantitative estimate of drug-likeness (QED) is 0.319. The Morgan fingerprint density at radius 3 is 2.30 bits per heavy atom. The van der Waals surface area contributed by atoms with Crippen molar-refractivity contribution in [3.63, 3.8) is 0 Å². The first-order valence-corrected chi connectivity index (χ1v) is 10.7. The minimum atomic E-state index is -0.328. The molecular weight excluding hydrogens is 398 g/mol. The zero-order valence-electron chi connectivity index (χ0n) is 17.3. The van der Waals surface area contributed by atoms with Crippen LogP contribution in [0.5, 0.6) is 0 Å². The van der Waals surface area contributed by atoms with Gasteiger partial charge in [-0.05, 0) is 68.8 Å². The van der Waals surface area contributed by atoms with E-state index >= 15 is 0 Å². The minimum Gasteiger partial charge on any atom is -0.399 e. The molecule has 0 aliphatic carbocycles. The number of ketones is 1. The number of carbonyl (C=O) groups is 2. The van der Waals surface area contributed by atoms with Crippen molar-refractivity contribution in [2.75, 3.05) is 11.1 Å². The van der Waals surface area contributed by atoms with Gasteiger partial charge in [0, 0.05) is 29.0 Å². The average Bonchev–Trinajstić information content (AvgIpc) is 3.15. The molecule has 30 heavy (non-hydrogen) atoms. The van der Waals surface area contributed by atoms with Crippen molar-refractivity contribution in [3.8, 4) is 11.4 Å². The van der Waals surface area contributed by atoms with Crippen LogP contribution in [0, 0.1) is 0 Å². The highest BCUT2D eigenvalue weighted by Crippen LogP contribution is 2.29. The van der Waals surface area contributed by atoms with Crippen LogP contribution in [0.1, 0.15) is 37.6 Å². The maximum Gasteiger partial charge on any atom is 0.237 e. The van der Waals surface area contributed by atoms with E-state index in [0.717, 1.165) is 11.4 Å². The maximum absolute atomic E-state index is 12.8. The number of hydrogen-bond acceptors (Lipinski definition) is 6. The van der Waals surface area contributed by atoms with Crippen LogP contribution >= 0.6 is 11.8 Å². The molecule has 0 fully saturated rings. The number of nitrogen functional groups attached to an aromatic ring is 1. The summed E-state index contributed by atoms with van der Waals surface area (Å²) in [7, 11) is 0. The lowest BCUT2D eigenvalue weighted by Crippen LogP contribution is -2.25. The summed E-state index contributed by atoms with van der Waals surface area (Å²) < 4.78 is 1.99. The summed E-state index contributed by atoms with van der Waals surface area (Å²) in [5, 5.41) is 11.9. The van der Waals surface area contributed by atoms with Crippen molar-refractivity contribution in [2.45, 2.75) is 44.1 Å². The van der Waals surface area contributed by atoms with E-state index in [1.165, 1.54) is 18.7 Å². The molecule has 0 unspecified atom stereocenters. The van der Waals surface area contributed by atoms with Gasteiger partial charge in [-0.2, -0.15) is 0 Å². The van der Waals surface area contributed by atoms with Gasteiger partial charge in [0.25, 0.3) is 0 Å². The summed E-state index contributed by atoms with van der Waals surface area (Å²) in [5.74, 6) is 0.624. The van der Waals surface area contributed by atoms with Gasteiger partial charge in [0.2, 0.25) is 5.91 Å². The van der Waals surface area contributed by atoms with Crippen molar-refractivity contribution in [3.05, 3.63) is 54.1 Å². The third-order valence-electron chi connectivity index (χ3n) is 4.67. The maximum atomic E-state index is 12.8. The molecule has 0 saturated carbocycles. The zero-order valence-corrected chi connectivity index (χ0v) is 18.1. The first kappa shape index (κ1) is 21.6. The smallest absolute Gasteiger partial charge is 0.237 e. The molecule has 1 atom stereocenters. The van der Waals surface area contributed by atoms with E-state index in [1.807, 2.05) is 42.7 Å². The molecule has 7 nitrogen and oxygen atoms in total. The minimum absolute atomic E-state index is 0.00863. The molecular formula is C22H25N5O2S. The van der Waals surface area contributed by atoms with Gasteiger partial charge >= 0.3 is 0 Å². The van der Waals surface area contributed by atoms with E-state index in [4.69, 9.17) is 5.73 Å². The van der Waals surface area contributed by atoms with Gasteiger partial charge in [0.1, 0.15) is 0 Å². The van der Waals surface area contributed by atoms with E-state index in [-0.39, 0.29) is 16.9 Å². The molecule has 0 aliphatic heterocycles. The van der Waals surface area contributed by atoms with Gasteiger partial charge in [-0.3, -0.25) is 9.59 Å². The number of hydrogen-bond donors (Lipinski definition) is 2. The fraction of sp³-hybridized carbons (Fsp3) is 0.273. The van der Waals surface area contributed by atoms with Crippen LogP contribution < -0.4 is 11.1 Å². The third kappa shape index (κ3) is 4.88. The van der Waals surface area contributed by atoms with E-state index < -0.39 is 0 Å². The largest absolute Gasteiger partial charge is 0.399 e. The number of nitrogens with two attached hydrogens (primary N) is 1. The van der Waals surface area contributed by atoms with Crippen molar-refractivity contribution in [1.82, 2.24) is 14.8 Å². The second-order valence-electron chi connectivity index (χ2n) is 6.81. The predicted molar refractivity (Wildman–Crippen MR) is 121 cm³/mol. The van der Waals surface area contributed by atoms with Crippen molar-refractivity contribution >= 4 is 34.8 Å². The molecule has 3 N–H and O–H groups in total. The Kier molecular flexibility index (Phi) is 6.89. The van der Waals surface area contributed by atoms with E-state index in [1.54, 1.807) is 24.3 Å². The Bertz CT molecular complexity index is 1030. The molecule has 2 aromatic carbocycles. The SMILES string of the molecule is CC[C@H](Sc1nnc(-c2ccc(N)cc2)n1CC)C(=O)Nc1ccc(C(C)=O)cc1. The summed E-state index contributed by atoms with van der Waals surface area (Å²) in [6.07, 6.45) is 0.635. The number of benzene rings is 2. The Balaban J connectivity index is 1.75. The Labute approximate surface area is 180 Å². The fourth-order valence-corrected chi connectivity index (χ4v) is 3.99. The molecule has 1 aromatic heterocycles. The monoisotopic (exact) mass is 423 g/mol. The van der Waals surface area contributed by atoms with Gasteiger partial charge in [-0.25, -0.2) is 0 Å². The number of Topliss-reactive ketones (excluding diaryl/α,β-unsaturated/α-hetero) is 1. The first-order chi connectivity index (χ1) is 14.4. The second kappa shape index (κ2) is 9.58. The van der Waals surface area contributed by atoms with Crippen LogP contribution in [0.2, 0.25) is 0 Å². The predicted octanol–water partition coefficient (Wildman–Crippen LogP) is 4.26. The standard InChI is InChI=1S/C22H25N5O2S/c1-4-19(21(29)24-18-12-8-15(9-13-18)14(3)28)30-22-26-25-20(27(22)5-2)16-6-10-17(23)11-7-16/h6-13,19H,4-5,23H2,1-3H3,(H,24,29)/t19-/m0/s1.